The molecule has 8 heteroatoms. The monoisotopic (exact) mass is 266 g/mol. The van der Waals surface area contributed by atoms with Crippen molar-refractivity contribution in [2.45, 2.75) is 32.8 Å². The van der Waals surface area contributed by atoms with E-state index in [4.69, 9.17) is 4.74 Å². The number of alkyl carbamates (subject to hydrolysis) is 1. The Morgan fingerprint density at radius 3 is 2.18 bits per heavy atom. The van der Waals surface area contributed by atoms with E-state index in [1.54, 1.807) is 25.5 Å². The van der Waals surface area contributed by atoms with E-state index in [0.29, 0.717) is 0 Å². The first-order chi connectivity index (χ1) is 7.49. The predicted molar refractivity (Wildman–Crippen MR) is 61.8 cm³/mol. The molecule has 0 aliphatic heterocycles. The SMILES string of the molecule is CC(C)(C)OC(=O)NCCC(=O)NS(C)(=O)=O. The van der Waals surface area contributed by atoms with Crippen molar-refractivity contribution in [3.8, 4) is 0 Å². The average Bonchev–Trinajstić information content (AvgIpc) is 1.95. The van der Waals surface area contributed by atoms with Gasteiger partial charge in [0.15, 0.2) is 0 Å². The standard InChI is InChI=1S/C9H18N2O5S/c1-9(2,3)16-8(13)10-6-5-7(12)11-17(4,14)15/h5-6H2,1-4H3,(H,10,13)(H,11,12). The second-order valence-electron chi connectivity index (χ2n) is 4.48. The Kier molecular flexibility index (Phi) is 5.40. The van der Waals surface area contributed by atoms with Crippen LogP contribution in [0.5, 0.6) is 0 Å². The van der Waals surface area contributed by atoms with E-state index in [9.17, 15) is 18.0 Å². The lowest BCUT2D eigenvalue weighted by Gasteiger charge is -2.19. The zero-order chi connectivity index (χ0) is 13.7. The van der Waals surface area contributed by atoms with Crippen molar-refractivity contribution < 1.29 is 22.7 Å². The topological polar surface area (TPSA) is 102 Å². The van der Waals surface area contributed by atoms with Crippen LogP contribution in [0.2, 0.25) is 0 Å². The van der Waals surface area contributed by atoms with Crippen molar-refractivity contribution >= 4 is 22.0 Å². The summed E-state index contributed by atoms with van der Waals surface area (Å²) in [4.78, 5) is 22.2. The number of carbonyl (C=O) groups excluding carboxylic acids is 2. The maximum absolute atomic E-state index is 11.1. The number of nitrogens with one attached hydrogen (secondary N) is 2. The van der Waals surface area contributed by atoms with Gasteiger partial charge < -0.3 is 10.1 Å². The van der Waals surface area contributed by atoms with Crippen molar-refractivity contribution in [1.29, 1.82) is 0 Å². The molecule has 0 aromatic rings. The van der Waals surface area contributed by atoms with E-state index >= 15 is 0 Å². The number of amides is 2. The fourth-order valence-corrected chi connectivity index (χ4v) is 1.37. The summed E-state index contributed by atoms with van der Waals surface area (Å²) in [6, 6.07) is 0. The van der Waals surface area contributed by atoms with E-state index < -0.39 is 27.6 Å². The van der Waals surface area contributed by atoms with Crippen LogP contribution in [-0.4, -0.2) is 38.8 Å². The van der Waals surface area contributed by atoms with Gasteiger partial charge in [0.2, 0.25) is 15.9 Å². The van der Waals surface area contributed by atoms with E-state index in [1.807, 2.05) is 0 Å². The Hall–Kier alpha value is -1.31. The largest absolute Gasteiger partial charge is 0.444 e. The van der Waals surface area contributed by atoms with Crippen molar-refractivity contribution in [2.24, 2.45) is 0 Å². The van der Waals surface area contributed by atoms with Crippen LogP contribution in [0, 0.1) is 0 Å². The van der Waals surface area contributed by atoms with Gasteiger partial charge in [-0.15, -0.1) is 0 Å². The molecule has 0 aliphatic rings. The molecular formula is C9H18N2O5S. The number of hydrogen-bond acceptors (Lipinski definition) is 5. The van der Waals surface area contributed by atoms with Crippen LogP contribution in [0.4, 0.5) is 4.79 Å². The maximum Gasteiger partial charge on any atom is 0.407 e. The second-order valence-corrected chi connectivity index (χ2v) is 6.22. The Balaban J connectivity index is 3.86. The number of ether oxygens (including phenoxy) is 1. The van der Waals surface area contributed by atoms with Gasteiger partial charge in [-0.1, -0.05) is 0 Å². The summed E-state index contributed by atoms with van der Waals surface area (Å²) in [6.45, 7) is 5.14. The van der Waals surface area contributed by atoms with Crippen molar-refractivity contribution in [1.82, 2.24) is 10.0 Å². The van der Waals surface area contributed by atoms with Crippen molar-refractivity contribution in [3.05, 3.63) is 0 Å². The highest BCUT2D eigenvalue weighted by Crippen LogP contribution is 2.06. The molecule has 0 saturated heterocycles. The molecular weight excluding hydrogens is 248 g/mol. The lowest BCUT2D eigenvalue weighted by molar-refractivity contribution is -0.119. The maximum atomic E-state index is 11.1. The summed E-state index contributed by atoms with van der Waals surface area (Å²) in [7, 11) is -3.55. The molecule has 100 valence electrons. The molecule has 2 N–H and O–H groups in total. The lowest BCUT2D eigenvalue weighted by atomic mass is 10.2. The van der Waals surface area contributed by atoms with Crippen molar-refractivity contribution in [3.63, 3.8) is 0 Å². The second kappa shape index (κ2) is 5.85. The van der Waals surface area contributed by atoms with Gasteiger partial charge in [-0.2, -0.15) is 0 Å². The summed E-state index contributed by atoms with van der Waals surface area (Å²) < 4.78 is 28.1. The number of carbonyl (C=O) groups is 2. The summed E-state index contributed by atoms with van der Waals surface area (Å²) in [5.74, 6) is -0.677. The predicted octanol–water partition coefficient (Wildman–Crippen LogP) is -0.0230. The third-order valence-electron chi connectivity index (χ3n) is 1.32. The minimum Gasteiger partial charge on any atom is -0.444 e. The van der Waals surface area contributed by atoms with Gasteiger partial charge >= 0.3 is 6.09 Å². The molecule has 0 aromatic heterocycles. The Bertz CT molecular complexity index is 383. The molecule has 0 unspecified atom stereocenters. The molecule has 0 rings (SSSR count). The molecule has 0 aromatic carbocycles. The zero-order valence-corrected chi connectivity index (χ0v) is 11.2. The van der Waals surface area contributed by atoms with Crippen molar-refractivity contribution in [2.75, 3.05) is 12.8 Å². The Morgan fingerprint density at radius 2 is 1.76 bits per heavy atom. The first-order valence-corrected chi connectivity index (χ1v) is 6.86. The highest BCUT2D eigenvalue weighted by atomic mass is 32.2. The van der Waals surface area contributed by atoms with E-state index in [-0.39, 0.29) is 13.0 Å². The van der Waals surface area contributed by atoms with Crippen LogP contribution in [0.3, 0.4) is 0 Å². The van der Waals surface area contributed by atoms with Gasteiger partial charge in [-0.25, -0.2) is 13.2 Å². The fourth-order valence-electron chi connectivity index (χ4n) is 0.850. The molecule has 0 atom stereocenters. The third-order valence-corrected chi connectivity index (χ3v) is 1.92. The highest BCUT2D eigenvalue weighted by Gasteiger charge is 2.16. The quantitative estimate of drug-likeness (QED) is 0.744. The van der Waals surface area contributed by atoms with Crippen LogP contribution in [0.25, 0.3) is 0 Å². The number of rotatable bonds is 4. The zero-order valence-electron chi connectivity index (χ0n) is 10.4. The Labute approximate surface area is 101 Å². The van der Waals surface area contributed by atoms with E-state index in [0.717, 1.165) is 6.26 Å². The fraction of sp³-hybridized carbons (Fsp3) is 0.778. The van der Waals surface area contributed by atoms with Gasteiger partial charge in [-0.3, -0.25) is 9.52 Å². The van der Waals surface area contributed by atoms with Crippen LogP contribution < -0.4 is 10.0 Å². The van der Waals surface area contributed by atoms with Gasteiger partial charge in [0, 0.05) is 13.0 Å². The molecule has 0 radical (unpaired) electrons. The smallest absolute Gasteiger partial charge is 0.407 e. The highest BCUT2D eigenvalue weighted by molar-refractivity contribution is 7.89. The van der Waals surface area contributed by atoms with Crippen LogP contribution >= 0.6 is 0 Å². The van der Waals surface area contributed by atoms with Gasteiger partial charge in [0.25, 0.3) is 0 Å². The van der Waals surface area contributed by atoms with Gasteiger partial charge in [0.05, 0.1) is 6.26 Å². The molecule has 7 nitrogen and oxygen atoms in total. The first-order valence-electron chi connectivity index (χ1n) is 4.97. The van der Waals surface area contributed by atoms with E-state index in [1.165, 1.54) is 0 Å². The molecule has 17 heavy (non-hydrogen) atoms. The molecule has 0 saturated carbocycles. The van der Waals surface area contributed by atoms with Crippen LogP contribution in [0.15, 0.2) is 0 Å². The minimum atomic E-state index is -3.55. The van der Waals surface area contributed by atoms with Crippen LogP contribution in [0.1, 0.15) is 27.2 Å². The number of sulfonamides is 1. The molecule has 0 fully saturated rings. The first kappa shape index (κ1) is 15.7. The molecule has 0 heterocycles. The third kappa shape index (κ3) is 11.0. The molecule has 0 spiro atoms. The van der Waals surface area contributed by atoms with E-state index in [2.05, 4.69) is 5.32 Å². The lowest BCUT2D eigenvalue weighted by Crippen LogP contribution is -2.36. The van der Waals surface area contributed by atoms with Gasteiger partial charge in [0.1, 0.15) is 5.60 Å². The molecule has 0 bridgehead atoms. The summed E-state index contributed by atoms with van der Waals surface area (Å²) in [5, 5.41) is 2.34. The normalized spacial score (nSPS) is 11.8. The number of hydrogen-bond donors (Lipinski definition) is 2. The van der Waals surface area contributed by atoms with Crippen LogP contribution in [-0.2, 0) is 19.6 Å². The molecule has 2 amide bonds. The molecule has 0 aliphatic carbocycles. The van der Waals surface area contributed by atoms with Gasteiger partial charge in [-0.05, 0) is 20.8 Å². The summed E-state index contributed by atoms with van der Waals surface area (Å²) >= 11 is 0. The summed E-state index contributed by atoms with van der Waals surface area (Å²) in [6.07, 6.45) is 0.100. The minimum absolute atomic E-state index is 0.0102. The average molecular weight is 266 g/mol. The summed E-state index contributed by atoms with van der Waals surface area (Å²) in [5.41, 5.74) is -0.612. The Morgan fingerprint density at radius 1 is 1.24 bits per heavy atom.